The zero-order chi connectivity index (χ0) is 16.0. The van der Waals surface area contributed by atoms with Crippen molar-refractivity contribution in [3.63, 3.8) is 0 Å². The maximum atomic E-state index is 13.4. The number of likely N-dealkylation sites (N-methyl/N-ethyl adjacent to an activating group) is 1. The maximum absolute atomic E-state index is 13.4. The molecule has 0 aliphatic rings. The molecule has 1 rings (SSSR count). The Morgan fingerprint density at radius 2 is 1.95 bits per heavy atom. The summed E-state index contributed by atoms with van der Waals surface area (Å²) in [6, 6.07) is 4.29. The summed E-state index contributed by atoms with van der Waals surface area (Å²) < 4.78 is 19.2. The molecule has 0 fully saturated rings. The lowest BCUT2D eigenvalue weighted by Gasteiger charge is -2.25. The second-order valence-corrected chi connectivity index (χ2v) is 4.96. The van der Waals surface area contributed by atoms with Crippen molar-refractivity contribution in [2.75, 3.05) is 20.1 Å². The fourth-order valence-electron chi connectivity index (χ4n) is 2.15. The van der Waals surface area contributed by atoms with Gasteiger partial charge < -0.3 is 15.0 Å². The number of nitrogens with zero attached hydrogens (tertiary/aromatic N) is 1. The first-order valence-corrected chi connectivity index (χ1v) is 7.36. The van der Waals surface area contributed by atoms with Gasteiger partial charge >= 0.3 is 0 Å². The molecule has 4 nitrogen and oxygen atoms in total. The second-order valence-electron chi connectivity index (χ2n) is 4.96. The van der Waals surface area contributed by atoms with E-state index < -0.39 is 6.10 Å². The summed E-state index contributed by atoms with van der Waals surface area (Å²) in [4.78, 5) is 14.0. The van der Waals surface area contributed by atoms with Crippen molar-refractivity contribution < 1.29 is 13.9 Å². The van der Waals surface area contributed by atoms with Gasteiger partial charge in [-0.05, 0) is 52.9 Å². The van der Waals surface area contributed by atoms with E-state index in [1.807, 2.05) is 20.8 Å². The topological polar surface area (TPSA) is 41.6 Å². The summed E-state index contributed by atoms with van der Waals surface area (Å²) >= 11 is 0. The Labute approximate surface area is 126 Å². The zero-order valence-corrected chi connectivity index (χ0v) is 13.4. The highest BCUT2D eigenvalue weighted by atomic mass is 19.1. The number of amides is 1. The predicted octanol–water partition coefficient (Wildman–Crippen LogP) is 2.74. The molecule has 5 heteroatoms. The molecule has 0 aliphatic carbocycles. The van der Waals surface area contributed by atoms with Gasteiger partial charge in [0.2, 0.25) is 0 Å². The number of benzene rings is 1. The molecule has 2 unspecified atom stereocenters. The minimum absolute atomic E-state index is 0.0626. The van der Waals surface area contributed by atoms with Crippen LogP contribution in [0, 0.1) is 5.82 Å². The third kappa shape index (κ3) is 4.43. The van der Waals surface area contributed by atoms with E-state index >= 15 is 0 Å². The van der Waals surface area contributed by atoms with Gasteiger partial charge in [0.1, 0.15) is 11.6 Å². The second kappa shape index (κ2) is 7.98. The molecule has 0 aliphatic heterocycles. The number of rotatable bonds is 7. The summed E-state index contributed by atoms with van der Waals surface area (Å²) in [7, 11) is 1.80. The molecule has 1 aromatic carbocycles. The first-order valence-electron chi connectivity index (χ1n) is 7.36. The molecule has 118 valence electrons. The van der Waals surface area contributed by atoms with Crippen LogP contribution in [0.1, 0.15) is 39.3 Å². The third-order valence-electron chi connectivity index (χ3n) is 3.60. The first kappa shape index (κ1) is 17.4. The summed E-state index contributed by atoms with van der Waals surface area (Å²) in [5.74, 6) is 0.154. The average molecular weight is 296 g/mol. The smallest absolute Gasteiger partial charge is 0.263 e. The molecule has 1 N–H and O–H groups in total. The summed E-state index contributed by atoms with van der Waals surface area (Å²) in [5.41, 5.74) is 0.705. The van der Waals surface area contributed by atoms with Crippen LogP contribution in [0.4, 0.5) is 4.39 Å². The van der Waals surface area contributed by atoms with Gasteiger partial charge in [-0.25, -0.2) is 4.39 Å². The fraction of sp³-hybridized carbons (Fsp3) is 0.562. The molecular formula is C16H25FN2O2. The van der Waals surface area contributed by atoms with Crippen LogP contribution >= 0.6 is 0 Å². The predicted molar refractivity (Wildman–Crippen MR) is 81.9 cm³/mol. The molecule has 0 saturated heterocycles. The number of halogens is 1. The Hall–Kier alpha value is -1.62. The molecule has 0 aromatic heterocycles. The van der Waals surface area contributed by atoms with Crippen LogP contribution < -0.4 is 10.1 Å². The van der Waals surface area contributed by atoms with Crippen LogP contribution in [0.2, 0.25) is 0 Å². The Morgan fingerprint density at radius 3 is 2.48 bits per heavy atom. The minimum Gasteiger partial charge on any atom is -0.481 e. The normalized spacial score (nSPS) is 13.6. The Kier molecular flexibility index (Phi) is 6.62. The van der Waals surface area contributed by atoms with Gasteiger partial charge in [0.05, 0.1) is 0 Å². The highest BCUT2D eigenvalue weighted by Crippen LogP contribution is 2.27. The molecule has 0 radical (unpaired) electrons. The zero-order valence-electron chi connectivity index (χ0n) is 13.4. The molecular weight excluding hydrogens is 271 g/mol. The van der Waals surface area contributed by atoms with Crippen molar-refractivity contribution in [1.82, 2.24) is 10.2 Å². The monoisotopic (exact) mass is 296 g/mol. The number of carbonyl (C=O) groups excluding carboxylic acids is 1. The van der Waals surface area contributed by atoms with Crippen LogP contribution in [-0.2, 0) is 4.79 Å². The number of hydrogen-bond acceptors (Lipinski definition) is 3. The van der Waals surface area contributed by atoms with E-state index in [0.29, 0.717) is 24.4 Å². The Bertz CT molecular complexity index is 475. The van der Waals surface area contributed by atoms with Gasteiger partial charge in [-0.3, -0.25) is 4.79 Å². The van der Waals surface area contributed by atoms with Gasteiger partial charge in [0.25, 0.3) is 5.91 Å². The maximum Gasteiger partial charge on any atom is 0.263 e. The van der Waals surface area contributed by atoms with Crippen LogP contribution in [-0.4, -0.2) is 37.0 Å². The largest absolute Gasteiger partial charge is 0.481 e. The number of hydrogen-bond donors (Lipinski definition) is 1. The van der Waals surface area contributed by atoms with E-state index in [4.69, 9.17) is 4.74 Å². The first-order chi connectivity index (χ1) is 9.94. The van der Waals surface area contributed by atoms with Gasteiger partial charge in [-0.15, -0.1) is 0 Å². The summed E-state index contributed by atoms with van der Waals surface area (Å²) in [6.07, 6.45) is -0.599. The van der Waals surface area contributed by atoms with Crippen LogP contribution in [0.15, 0.2) is 18.2 Å². The van der Waals surface area contributed by atoms with Gasteiger partial charge in [-0.2, -0.15) is 0 Å². The SMILES string of the molecule is CCN(CC)C(=O)C(C)Oc1ccc(F)cc1C(C)NC. The van der Waals surface area contributed by atoms with Crippen molar-refractivity contribution in [3.8, 4) is 5.75 Å². The summed E-state index contributed by atoms with van der Waals surface area (Å²) in [6.45, 7) is 8.79. The van der Waals surface area contributed by atoms with E-state index in [2.05, 4.69) is 5.32 Å². The lowest BCUT2D eigenvalue weighted by molar-refractivity contribution is -0.137. The fourth-order valence-corrected chi connectivity index (χ4v) is 2.15. The molecule has 1 aromatic rings. The van der Waals surface area contributed by atoms with Crippen molar-refractivity contribution in [1.29, 1.82) is 0 Å². The van der Waals surface area contributed by atoms with Crippen LogP contribution in [0.3, 0.4) is 0 Å². The van der Waals surface area contributed by atoms with Crippen molar-refractivity contribution in [2.24, 2.45) is 0 Å². The van der Waals surface area contributed by atoms with Gasteiger partial charge in [-0.1, -0.05) is 0 Å². The highest BCUT2D eigenvalue weighted by Gasteiger charge is 2.22. The highest BCUT2D eigenvalue weighted by molar-refractivity contribution is 5.80. The minimum atomic E-state index is -0.599. The molecule has 0 heterocycles. The molecule has 0 spiro atoms. The quantitative estimate of drug-likeness (QED) is 0.841. The molecule has 2 atom stereocenters. The average Bonchev–Trinajstić information content (AvgIpc) is 2.49. The van der Waals surface area contributed by atoms with Crippen molar-refractivity contribution >= 4 is 5.91 Å². The van der Waals surface area contributed by atoms with E-state index in [1.54, 1.807) is 24.9 Å². The molecule has 1 amide bonds. The third-order valence-corrected chi connectivity index (χ3v) is 3.60. The van der Waals surface area contributed by atoms with Crippen molar-refractivity contribution in [2.45, 2.75) is 39.8 Å². The van der Waals surface area contributed by atoms with E-state index in [9.17, 15) is 9.18 Å². The van der Waals surface area contributed by atoms with Crippen molar-refractivity contribution in [3.05, 3.63) is 29.6 Å². The van der Waals surface area contributed by atoms with Crippen LogP contribution in [0.25, 0.3) is 0 Å². The number of nitrogens with one attached hydrogen (secondary N) is 1. The lowest BCUT2D eigenvalue weighted by Crippen LogP contribution is -2.40. The van der Waals surface area contributed by atoms with E-state index in [1.165, 1.54) is 12.1 Å². The number of carbonyl (C=O) groups is 1. The Morgan fingerprint density at radius 1 is 1.33 bits per heavy atom. The lowest BCUT2D eigenvalue weighted by atomic mass is 10.1. The van der Waals surface area contributed by atoms with Gasteiger partial charge in [0, 0.05) is 24.7 Å². The molecule has 0 bridgehead atoms. The Balaban J connectivity index is 2.94. The number of ether oxygens (including phenoxy) is 1. The van der Waals surface area contributed by atoms with E-state index in [0.717, 1.165) is 0 Å². The van der Waals surface area contributed by atoms with Crippen LogP contribution in [0.5, 0.6) is 5.75 Å². The van der Waals surface area contributed by atoms with Gasteiger partial charge in [0.15, 0.2) is 6.10 Å². The standard InChI is InChI=1S/C16H25FN2O2/c1-6-19(7-2)16(20)12(4)21-15-9-8-13(17)10-14(15)11(3)18-5/h8-12,18H,6-7H2,1-5H3. The molecule has 21 heavy (non-hydrogen) atoms. The summed E-state index contributed by atoms with van der Waals surface area (Å²) in [5, 5.41) is 3.05. The molecule has 0 saturated carbocycles. The van der Waals surface area contributed by atoms with E-state index in [-0.39, 0.29) is 17.8 Å².